The minimum absolute atomic E-state index is 0.0971. The lowest BCUT2D eigenvalue weighted by molar-refractivity contribution is -0.135. The van der Waals surface area contributed by atoms with Crippen molar-refractivity contribution in [3.8, 4) is 0 Å². The van der Waals surface area contributed by atoms with Crippen molar-refractivity contribution < 1.29 is 19.1 Å². The SMILES string of the molecule is CCOC(=O)C1=NN(c2ccccc2)C(C(=O)NCC(=O)Nc2ccccc2)C1. The number of rotatable bonds is 7. The first kappa shape index (κ1) is 20.1. The van der Waals surface area contributed by atoms with Crippen molar-refractivity contribution in [1.29, 1.82) is 0 Å². The number of carbonyl (C=O) groups excluding carboxylic acids is 3. The lowest BCUT2D eigenvalue weighted by atomic mass is 10.1. The van der Waals surface area contributed by atoms with E-state index in [9.17, 15) is 14.4 Å². The minimum Gasteiger partial charge on any atom is -0.461 e. The van der Waals surface area contributed by atoms with Crippen molar-refractivity contribution in [3.63, 3.8) is 0 Å². The molecule has 1 unspecified atom stereocenters. The molecular formula is C21H22N4O4. The molecule has 29 heavy (non-hydrogen) atoms. The summed E-state index contributed by atoms with van der Waals surface area (Å²) in [7, 11) is 0. The van der Waals surface area contributed by atoms with Crippen molar-refractivity contribution in [2.24, 2.45) is 5.10 Å². The lowest BCUT2D eigenvalue weighted by Gasteiger charge is -2.22. The van der Waals surface area contributed by atoms with Gasteiger partial charge in [0, 0.05) is 12.1 Å². The number of para-hydroxylation sites is 2. The van der Waals surface area contributed by atoms with Crippen LogP contribution in [0.15, 0.2) is 65.8 Å². The fraction of sp³-hybridized carbons (Fsp3) is 0.238. The zero-order valence-corrected chi connectivity index (χ0v) is 16.0. The predicted octanol–water partition coefficient (Wildman–Crippen LogP) is 1.94. The molecule has 1 atom stereocenters. The van der Waals surface area contributed by atoms with Crippen LogP contribution in [0.3, 0.4) is 0 Å². The highest BCUT2D eigenvalue weighted by Crippen LogP contribution is 2.25. The Labute approximate surface area is 168 Å². The molecule has 2 N–H and O–H groups in total. The molecule has 0 fully saturated rings. The van der Waals surface area contributed by atoms with Crippen LogP contribution >= 0.6 is 0 Å². The van der Waals surface area contributed by atoms with Crippen LogP contribution in [0.2, 0.25) is 0 Å². The van der Waals surface area contributed by atoms with Crippen LogP contribution < -0.4 is 15.6 Å². The fourth-order valence-electron chi connectivity index (χ4n) is 2.88. The summed E-state index contributed by atoms with van der Waals surface area (Å²) in [4.78, 5) is 36.9. The summed E-state index contributed by atoms with van der Waals surface area (Å²) in [5.74, 6) is -1.30. The van der Waals surface area contributed by atoms with Gasteiger partial charge < -0.3 is 15.4 Å². The Hall–Kier alpha value is -3.68. The highest BCUT2D eigenvalue weighted by molar-refractivity contribution is 6.38. The van der Waals surface area contributed by atoms with E-state index < -0.39 is 17.9 Å². The molecule has 0 bridgehead atoms. The molecule has 2 amide bonds. The molecule has 0 radical (unpaired) electrons. The molecule has 8 nitrogen and oxygen atoms in total. The van der Waals surface area contributed by atoms with E-state index in [1.807, 2.05) is 24.3 Å². The molecule has 0 saturated heterocycles. The number of anilines is 2. The number of carbonyl (C=O) groups is 3. The largest absolute Gasteiger partial charge is 0.461 e. The highest BCUT2D eigenvalue weighted by atomic mass is 16.5. The third-order valence-corrected chi connectivity index (χ3v) is 4.23. The zero-order valence-electron chi connectivity index (χ0n) is 16.0. The number of ether oxygens (including phenoxy) is 1. The molecule has 0 saturated carbocycles. The monoisotopic (exact) mass is 394 g/mol. The number of hydrogen-bond donors (Lipinski definition) is 2. The van der Waals surface area contributed by atoms with E-state index in [4.69, 9.17) is 4.74 Å². The Morgan fingerprint density at radius 3 is 2.38 bits per heavy atom. The lowest BCUT2D eigenvalue weighted by Crippen LogP contribution is -2.45. The zero-order chi connectivity index (χ0) is 20.6. The topological polar surface area (TPSA) is 100 Å². The van der Waals surface area contributed by atoms with E-state index in [0.29, 0.717) is 11.4 Å². The van der Waals surface area contributed by atoms with E-state index in [2.05, 4.69) is 15.7 Å². The Morgan fingerprint density at radius 1 is 1.07 bits per heavy atom. The molecule has 2 aromatic rings. The van der Waals surface area contributed by atoms with Crippen LogP contribution in [-0.4, -0.2) is 42.7 Å². The number of hydrogen-bond acceptors (Lipinski definition) is 6. The molecule has 150 valence electrons. The van der Waals surface area contributed by atoms with E-state index >= 15 is 0 Å². The Kier molecular flexibility index (Phi) is 6.57. The number of benzene rings is 2. The van der Waals surface area contributed by atoms with Crippen molar-refractivity contribution in [2.75, 3.05) is 23.5 Å². The summed E-state index contributed by atoms with van der Waals surface area (Å²) in [6.07, 6.45) is 0.0971. The van der Waals surface area contributed by atoms with Gasteiger partial charge in [-0.15, -0.1) is 0 Å². The molecule has 8 heteroatoms. The summed E-state index contributed by atoms with van der Waals surface area (Å²) in [6, 6.07) is 17.3. The summed E-state index contributed by atoms with van der Waals surface area (Å²) >= 11 is 0. The van der Waals surface area contributed by atoms with Crippen LogP contribution in [0.25, 0.3) is 0 Å². The van der Waals surface area contributed by atoms with Gasteiger partial charge in [0.15, 0.2) is 0 Å². The average molecular weight is 394 g/mol. The van der Waals surface area contributed by atoms with Gasteiger partial charge in [0.1, 0.15) is 11.8 Å². The van der Waals surface area contributed by atoms with Gasteiger partial charge in [-0.1, -0.05) is 36.4 Å². The highest BCUT2D eigenvalue weighted by Gasteiger charge is 2.36. The first-order valence-corrected chi connectivity index (χ1v) is 9.30. The number of amides is 2. The molecular weight excluding hydrogens is 372 g/mol. The van der Waals surface area contributed by atoms with Gasteiger partial charge in [0.05, 0.1) is 18.8 Å². The van der Waals surface area contributed by atoms with Gasteiger partial charge in [-0.2, -0.15) is 5.10 Å². The van der Waals surface area contributed by atoms with Gasteiger partial charge in [-0.05, 0) is 31.2 Å². The van der Waals surface area contributed by atoms with Crippen LogP contribution in [0, 0.1) is 0 Å². The minimum atomic E-state index is -0.749. The second kappa shape index (κ2) is 9.50. The van der Waals surface area contributed by atoms with E-state index in [1.54, 1.807) is 43.3 Å². The summed E-state index contributed by atoms with van der Waals surface area (Å²) < 4.78 is 5.01. The first-order valence-electron chi connectivity index (χ1n) is 9.30. The van der Waals surface area contributed by atoms with Crippen LogP contribution in [0.5, 0.6) is 0 Å². The Balaban J connectivity index is 1.66. The third-order valence-electron chi connectivity index (χ3n) is 4.23. The molecule has 2 aromatic carbocycles. The second-order valence-corrected chi connectivity index (χ2v) is 6.30. The molecule has 0 spiro atoms. The van der Waals surface area contributed by atoms with Gasteiger partial charge in [-0.3, -0.25) is 14.6 Å². The predicted molar refractivity (Wildman–Crippen MR) is 109 cm³/mol. The van der Waals surface area contributed by atoms with Crippen LogP contribution in [0.4, 0.5) is 11.4 Å². The third kappa shape index (κ3) is 5.19. The Bertz CT molecular complexity index is 899. The number of hydrazone groups is 1. The van der Waals surface area contributed by atoms with Gasteiger partial charge in [0.2, 0.25) is 11.8 Å². The van der Waals surface area contributed by atoms with Crippen LogP contribution in [-0.2, 0) is 19.1 Å². The van der Waals surface area contributed by atoms with Crippen molar-refractivity contribution in [1.82, 2.24) is 5.32 Å². The van der Waals surface area contributed by atoms with Crippen LogP contribution in [0.1, 0.15) is 13.3 Å². The van der Waals surface area contributed by atoms with Crippen molar-refractivity contribution in [3.05, 3.63) is 60.7 Å². The molecule has 1 heterocycles. The maximum Gasteiger partial charge on any atom is 0.354 e. The Morgan fingerprint density at radius 2 is 1.72 bits per heavy atom. The normalized spacial score (nSPS) is 15.4. The summed E-state index contributed by atoms with van der Waals surface area (Å²) in [6.45, 7) is 1.74. The van der Waals surface area contributed by atoms with E-state index in [-0.39, 0.29) is 31.2 Å². The standard InChI is InChI=1S/C21H22N4O4/c1-2-29-21(28)17-13-18(25(24-17)16-11-7-4-8-12-16)20(27)22-14-19(26)23-15-9-5-3-6-10-15/h3-12,18H,2,13-14H2,1H3,(H,22,27)(H,23,26). The molecule has 3 rings (SSSR count). The summed E-state index contributed by atoms with van der Waals surface area (Å²) in [5, 5.41) is 11.1. The average Bonchev–Trinajstić information content (AvgIpc) is 3.19. The molecule has 1 aliphatic rings. The second-order valence-electron chi connectivity index (χ2n) is 6.30. The summed E-state index contributed by atoms with van der Waals surface area (Å²) in [5.41, 5.74) is 1.48. The molecule has 0 aliphatic carbocycles. The van der Waals surface area contributed by atoms with Crippen molar-refractivity contribution in [2.45, 2.75) is 19.4 Å². The maximum absolute atomic E-state index is 12.8. The van der Waals surface area contributed by atoms with Gasteiger partial charge in [-0.25, -0.2) is 4.79 Å². The first-order chi connectivity index (χ1) is 14.1. The maximum atomic E-state index is 12.8. The van der Waals surface area contributed by atoms with Crippen molar-refractivity contribution >= 4 is 34.9 Å². The molecule has 0 aromatic heterocycles. The van der Waals surface area contributed by atoms with E-state index in [0.717, 1.165) is 0 Å². The number of nitrogens with zero attached hydrogens (tertiary/aromatic N) is 2. The smallest absolute Gasteiger partial charge is 0.354 e. The fourth-order valence-corrected chi connectivity index (χ4v) is 2.88. The molecule has 1 aliphatic heterocycles. The number of esters is 1. The van der Waals surface area contributed by atoms with E-state index in [1.165, 1.54) is 5.01 Å². The quantitative estimate of drug-likeness (QED) is 0.699. The number of nitrogens with one attached hydrogen (secondary N) is 2. The van der Waals surface area contributed by atoms with Gasteiger partial charge >= 0.3 is 5.97 Å². The van der Waals surface area contributed by atoms with Gasteiger partial charge in [0.25, 0.3) is 0 Å².